The van der Waals surface area contributed by atoms with E-state index in [4.69, 9.17) is 0 Å². The number of hydrogen-bond acceptors (Lipinski definition) is 4. The molecule has 0 atom stereocenters. The van der Waals surface area contributed by atoms with E-state index in [2.05, 4.69) is 15.2 Å². The van der Waals surface area contributed by atoms with Crippen molar-refractivity contribution < 1.29 is 17.6 Å². The molecule has 138 valence electrons. The monoisotopic (exact) mass is 377 g/mol. The van der Waals surface area contributed by atoms with Crippen LogP contribution in [0.4, 0.5) is 4.39 Å². The molecule has 2 aromatic rings. The first-order valence-corrected chi connectivity index (χ1v) is 9.32. The highest BCUT2D eigenvalue weighted by atomic mass is 32.2. The van der Waals surface area contributed by atoms with Gasteiger partial charge in [-0.3, -0.25) is 4.79 Å². The first-order chi connectivity index (χ1) is 12.2. The van der Waals surface area contributed by atoms with Gasteiger partial charge in [0.2, 0.25) is 10.0 Å². The Labute approximate surface area is 152 Å². The minimum absolute atomic E-state index is 0.166. The van der Waals surface area contributed by atoms with Crippen molar-refractivity contribution in [1.82, 2.24) is 10.1 Å². The molecule has 2 aromatic carbocycles. The molecule has 0 heterocycles. The van der Waals surface area contributed by atoms with E-state index in [1.807, 2.05) is 6.92 Å². The zero-order valence-corrected chi connectivity index (χ0v) is 15.5. The summed E-state index contributed by atoms with van der Waals surface area (Å²) < 4.78 is 40.2. The van der Waals surface area contributed by atoms with Gasteiger partial charge in [-0.15, -0.1) is 0 Å². The molecule has 0 aliphatic heterocycles. The van der Waals surface area contributed by atoms with Crippen LogP contribution in [-0.2, 0) is 14.8 Å². The summed E-state index contributed by atoms with van der Waals surface area (Å²) in [6, 6.07) is 9.21. The minimum Gasteiger partial charge on any atom is -0.272 e. The van der Waals surface area contributed by atoms with Crippen LogP contribution in [0.5, 0.6) is 0 Å². The molecular formula is C18H20FN3O3S. The molecule has 26 heavy (non-hydrogen) atoms. The maximum Gasteiger partial charge on any atom is 0.255 e. The predicted octanol–water partition coefficient (Wildman–Crippen LogP) is 2.18. The molecule has 1 amide bonds. The molecule has 0 spiro atoms. The van der Waals surface area contributed by atoms with Crippen LogP contribution >= 0.6 is 0 Å². The number of nitrogens with one attached hydrogen (secondary N) is 2. The fourth-order valence-electron chi connectivity index (χ4n) is 2.63. The Morgan fingerprint density at radius 1 is 1.15 bits per heavy atom. The van der Waals surface area contributed by atoms with Crippen LogP contribution < -0.4 is 10.1 Å². The standard InChI is InChI=1S/C18H20FN3O3S/c1-12-7-13(2)18(14(3)8-12)26(24,25)21-11-17(23)22-20-10-15-5-4-6-16(19)9-15/h4-10,21H,11H2,1-3H3,(H,22,23)/b20-10-. The average molecular weight is 377 g/mol. The second-order valence-corrected chi connectivity index (χ2v) is 7.60. The van der Waals surface area contributed by atoms with Gasteiger partial charge in [-0.25, -0.2) is 23.0 Å². The molecule has 0 aliphatic rings. The largest absolute Gasteiger partial charge is 0.272 e. The SMILES string of the molecule is Cc1cc(C)c(S(=O)(=O)NCC(=O)N/N=C\c2cccc(F)c2)c(C)c1. The smallest absolute Gasteiger partial charge is 0.255 e. The second-order valence-electron chi connectivity index (χ2n) is 5.90. The predicted molar refractivity (Wildman–Crippen MR) is 98.0 cm³/mol. The van der Waals surface area contributed by atoms with Crippen LogP contribution in [0, 0.1) is 26.6 Å². The van der Waals surface area contributed by atoms with Crippen molar-refractivity contribution in [2.75, 3.05) is 6.54 Å². The second kappa shape index (κ2) is 8.20. The number of hydrogen-bond donors (Lipinski definition) is 2. The van der Waals surface area contributed by atoms with Crippen molar-refractivity contribution in [1.29, 1.82) is 0 Å². The molecule has 0 saturated heterocycles. The highest BCUT2D eigenvalue weighted by Crippen LogP contribution is 2.21. The highest BCUT2D eigenvalue weighted by molar-refractivity contribution is 7.89. The zero-order valence-electron chi connectivity index (χ0n) is 14.7. The summed E-state index contributed by atoms with van der Waals surface area (Å²) in [5.74, 6) is -1.06. The van der Waals surface area contributed by atoms with Crippen LogP contribution in [0.3, 0.4) is 0 Å². The van der Waals surface area contributed by atoms with Gasteiger partial charge in [0.1, 0.15) is 5.82 Å². The summed E-state index contributed by atoms with van der Waals surface area (Å²) in [7, 11) is -3.83. The number of amides is 1. The fourth-order valence-corrected chi connectivity index (χ4v) is 4.06. The molecule has 0 aliphatic carbocycles. The van der Waals surface area contributed by atoms with Gasteiger partial charge in [0.15, 0.2) is 0 Å². The Morgan fingerprint density at radius 2 is 1.81 bits per heavy atom. The Kier molecular flexibility index (Phi) is 6.23. The van der Waals surface area contributed by atoms with Crippen LogP contribution in [0.1, 0.15) is 22.3 Å². The molecular weight excluding hydrogens is 357 g/mol. The number of aryl methyl sites for hydroxylation is 3. The van der Waals surface area contributed by atoms with Crippen LogP contribution in [0.15, 0.2) is 46.4 Å². The molecule has 0 unspecified atom stereocenters. The van der Waals surface area contributed by atoms with Gasteiger partial charge < -0.3 is 0 Å². The van der Waals surface area contributed by atoms with Crippen LogP contribution in [0.2, 0.25) is 0 Å². The first-order valence-electron chi connectivity index (χ1n) is 7.84. The molecule has 0 saturated carbocycles. The van der Waals surface area contributed by atoms with Gasteiger partial charge in [0.05, 0.1) is 17.7 Å². The number of nitrogens with zero attached hydrogens (tertiary/aromatic N) is 1. The Morgan fingerprint density at radius 3 is 2.42 bits per heavy atom. The molecule has 8 heteroatoms. The minimum atomic E-state index is -3.83. The van der Waals surface area contributed by atoms with Gasteiger partial charge in [0, 0.05) is 0 Å². The molecule has 2 N–H and O–H groups in total. The molecule has 0 radical (unpaired) electrons. The number of carbonyl (C=O) groups excluding carboxylic acids is 1. The average Bonchev–Trinajstić information content (AvgIpc) is 2.52. The third-order valence-electron chi connectivity index (χ3n) is 3.55. The van der Waals surface area contributed by atoms with Crippen molar-refractivity contribution in [3.8, 4) is 0 Å². The zero-order chi connectivity index (χ0) is 19.3. The number of sulfonamides is 1. The Balaban J connectivity index is 1.98. The lowest BCUT2D eigenvalue weighted by Gasteiger charge is -2.12. The topological polar surface area (TPSA) is 87.6 Å². The van der Waals surface area contributed by atoms with E-state index >= 15 is 0 Å². The lowest BCUT2D eigenvalue weighted by molar-refractivity contribution is -0.119. The summed E-state index contributed by atoms with van der Waals surface area (Å²) >= 11 is 0. The van der Waals surface area contributed by atoms with Crippen molar-refractivity contribution in [2.24, 2.45) is 5.10 Å². The van der Waals surface area contributed by atoms with E-state index in [-0.39, 0.29) is 4.90 Å². The van der Waals surface area contributed by atoms with Crippen molar-refractivity contribution >= 4 is 22.1 Å². The van der Waals surface area contributed by atoms with E-state index in [9.17, 15) is 17.6 Å². The molecule has 0 bridgehead atoms. The normalized spacial score (nSPS) is 11.7. The molecule has 2 rings (SSSR count). The van der Waals surface area contributed by atoms with Gasteiger partial charge in [-0.05, 0) is 49.6 Å². The fraction of sp³-hybridized carbons (Fsp3) is 0.222. The number of benzene rings is 2. The molecule has 0 fully saturated rings. The lowest BCUT2D eigenvalue weighted by Crippen LogP contribution is -2.35. The Hall–Kier alpha value is -2.58. The van der Waals surface area contributed by atoms with E-state index in [1.54, 1.807) is 32.0 Å². The lowest BCUT2D eigenvalue weighted by atomic mass is 10.1. The Bertz CT molecular complexity index is 933. The summed E-state index contributed by atoms with van der Waals surface area (Å²) in [5.41, 5.74) is 4.85. The van der Waals surface area contributed by atoms with Gasteiger partial charge >= 0.3 is 0 Å². The van der Waals surface area contributed by atoms with Crippen molar-refractivity contribution in [3.05, 3.63) is 64.5 Å². The summed E-state index contributed by atoms with van der Waals surface area (Å²) in [6.07, 6.45) is 1.27. The number of carbonyl (C=O) groups is 1. The van der Waals surface area contributed by atoms with Gasteiger partial charge in [-0.1, -0.05) is 29.8 Å². The van der Waals surface area contributed by atoms with Crippen molar-refractivity contribution in [2.45, 2.75) is 25.7 Å². The highest BCUT2D eigenvalue weighted by Gasteiger charge is 2.20. The first kappa shape index (κ1) is 19.7. The third-order valence-corrected chi connectivity index (χ3v) is 5.25. The summed E-state index contributed by atoms with van der Waals surface area (Å²) in [4.78, 5) is 11.9. The quantitative estimate of drug-likeness (QED) is 0.597. The van der Waals surface area contributed by atoms with E-state index in [1.165, 1.54) is 24.4 Å². The van der Waals surface area contributed by atoms with E-state index in [0.29, 0.717) is 16.7 Å². The molecule has 0 aromatic heterocycles. The van der Waals surface area contributed by atoms with Gasteiger partial charge in [0.25, 0.3) is 5.91 Å². The maximum absolute atomic E-state index is 13.0. The van der Waals surface area contributed by atoms with Crippen LogP contribution in [-0.4, -0.2) is 27.1 Å². The third kappa shape index (κ3) is 5.21. The van der Waals surface area contributed by atoms with Crippen LogP contribution in [0.25, 0.3) is 0 Å². The number of rotatable bonds is 6. The number of hydrazone groups is 1. The van der Waals surface area contributed by atoms with E-state index < -0.39 is 28.3 Å². The summed E-state index contributed by atoms with van der Waals surface area (Å²) in [6.45, 7) is 4.83. The molecule has 6 nitrogen and oxygen atoms in total. The van der Waals surface area contributed by atoms with Gasteiger partial charge in [-0.2, -0.15) is 5.10 Å². The van der Waals surface area contributed by atoms with Crippen molar-refractivity contribution in [3.63, 3.8) is 0 Å². The summed E-state index contributed by atoms with van der Waals surface area (Å²) in [5, 5.41) is 3.68. The number of halogens is 1. The maximum atomic E-state index is 13.0. The van der Waals surface area contributed by atoms with E-state index in [0.717, 1.165) is 5.56 Å².